The number of rotatable bonds is 6. The first kappa shape index (κ1) is 17.5. The van der Waals surface area contributed by atoms with Gasteiger partial charge in [-0.25, -0.2) is 0 Å². The van der Waals surface area contributed by atoms with Crippen LogP contribution in [0.15, 0.2) is 18.5 Å². The van der Waals surface area contributed by atoms with Crippen LogP contribution in [-0.4, -0.2) is 45.9 Å². The largest absolute Gasteiger partial charge is 0.382 e. The molecule has 2 fully saturated rings. The minimum Gasteiger partial charge on any atom is -0.382 e. The van der Waals surface area contributed by atoms with E-state index in [0.29, 0.717) is 12.0 Å². The third-order valence-corrected chi connectivity index (χ3v) is 5.64. The molecule has 0 spiro atoms. The maximum absolute atomic E-state index is 6.14. The smallest absolute Gasteiger partial charge is 0.104 e. The van der Waals surface area contributed by atoms with Gasteiger partial charge >= 0.3 is 0 Å². The first-order valence-electron chi connectivity index (χ1n) is 9.77. The Balaban J connectivity index is 1.44. The topological polar surface area (TPSA) is 66.1 Å². The number of nitrogens with zero attached hydrogens (tertiary/aromatic N) is 4. The van der Waals surface area contributed by atoms with E-state index in [1.54, 1.807) is 0 Å². The van der Waals surface area contributed by atoms with E-state index >= 15 is 0 Å². The van der Waals surface area contributed by atoms with Crippen molar-refractivity contribution in [2.75, 3.05) is 31.7 Å². The molecule has 0 amide bonds. The summed E-state index contributed by atoms with van der Waals surface area (Å²) in [5.74, 6) is 0.434. The molecule has 2 aromatic heterocycles. The maximum atomic E-state index is 6.14. The first-order valence-corrected chi connectivity index (χ1v) is 9.77. The summed E-state index contributed by atoms with van der Waals surface area (Å²) in [4.78, 5) is 0. The number of ether oxygens (including phenoxy) is 2. The molecule has 7 nitrogen and oxygen atoms in total. The lowest BCUT2D eigenvalue weighted by Gasteiger charge is -2.32. The molecule has 2 aliphatic rings. The summed E-state index contributed by atoms with van der Waals surface area (Å²) in [6, 6.07) is 2.46. The van der Waals surface area contributed by atoms with Crippen molar-refractivity contribution in [3.05, 3.63) is 29.8 Å². The first-order chi connectivity index (χ1) is 12.8. The number of hydrogen-bond donors (Lipinski definition) is 1. The molecular weight excluding hydrogens is 330 g/mol. The second-order valence-electron chi connectivity index (χ2n) is 7.25. The van der Waals surface area contributed by atoms with Crippen LogP contribution in [0.1, 0.15) is 49.7 Å². The lowest BCUT2D eigenvalue weighted by Crippen LogP contribution is -2.30. The minimum absolute atomic E-state index is 0.109. The second-order valence-corrected chi connectivity index (χ2v) is 7.25. The Kier molecular flexibility index (Phi) is 5.26. The molecule has 142 valence electrons. The van der Waals surface area contributed by atoms with Gasteiger partial charge in [0, 0.05) is 38.4 Å². The molecule has 0 radical (unpaired) electrons. The highest BCUT2D eigenvalue weighted by Gasteiger charge is 2.30. The molecule has 0 bridgehead atoms. The normalized spacial score (nSPS) is 26.3. The summed E-state index contributed by atoms with van der Waals surface area (Å²) in [5.41, 5.74) is 3.49. The van der Waals surface area contributed by atoms with Crippen LogP contribution in [-0.2, 0) is 16.0 Å². The minimum atomic E-state index is 0.109. The predicted molar refractivity (Wildman–Crippen MR) is 99.2 cm³/mol. The second kappa shape index (κ2) is 7.80. The summed E-state index contributed by atoms with van der Waals surface area (Å²) in [6.45, 7) is 8.44. The molecule has 1 unspecified atom stereocenters. The van der Waals surface area contributed by atoms with Crippen molar-refractivity contribution in [1.82, 2.24) is 19.6 Å². The van der Waals surface area contributed by atoms with Crippen molar-refractivity contribution in [3.63, 3.8) is 0 Å². The Morgan fingerprint density at radius 3 is 3.00 bits per heavy atom. The maximum Gasteiger partial charge on any atom is 0.104 e. The Hall–Kier alpha value is -1.86. The van der Waals surface area contributed by atoms with Crippen LogP contribution in [0.25, 0.3) is 0 Å². The average Bonchev–Trinajstić information content (AvgIpc) is 3.41. The number of anilines is 1. The molecule has 2 aromatic rings. The molecule has 7 heteroatoms. The molecule has 2 aliphatic heterocycles. The van der Waals surface area contributed by atoms with Crippen LogP contribution in [0.2, 0.25) is 0 Å². The molecule has 3 atom stereocenters. The Bertz CT molecular complexity index is 719. The van der Waals surface area contributed by atoms with Crippen molar-refractivity contribution in [1.29, 1.82) is 0 Å². The third kappa shape index (κ3) is 3.38. The van der Waals surface area contributed by atoms with Gasteiger partial charge in [-0.05, 0) is 39.2 Å². The van der Waals surface area contributed by atoms with E-state index in [2.05, 4.69) is 40.1 Å². The summed E-state index contributed by atoms with van der Waals surface area (Å²) < 4.78 is 15.8. The van der Waals surface area contributed by atoms with Gasteiger partial charge in [0.05, 0.1) is 35.9 Å². The molecule has 26 heavy (non-hydrogen) atoms. The number of nitrogens with one attached hydrogen (secondary N) is 1. The van der Waals surface area contributed by atoms with E-state index in [-0.39, 0.29) is 6.10 Å². The number of aryl methyl sites for hydroxylation is 1. The zero-order valence-corrected chi connectivity index (χ0v) is 15.7. The van der Waals surface area contributed by atoms with Gasteiger partial charge in [-0.15, -0.1) is 0 Å². The standard InChI is InChI=1S/C19H29N5O2/c1-3-23-18(6-8-21-23)19-15(5-4-9-26-19)11-20-17-12-22-24(14(17)2)16-7-10-25-13-16/h6,8,12,15-16,19-20H,3-5,7,9-11,13H2,1-2H3/t15-,16?,19+/m0/s1. The Morgan fingerprint density at radius 2 is 2.19 bits per heavy atom. The fourth-order valence-corrected chi connectivity index (χ4v) is 4.15. The van der Waals surface area contributed by atoms with Crippen molar-refractivity contribution >= 4 is 5.69 Å². The average molecular weight is 359 g/mol. The monoisotopic (exact) mass is 359 g/mol. The van der Waals surface area contributed by atoms with Crippen LogP contribution >= 0.6 is 0 Å². The molecule has 4 rings (SSSR count). The molecule has 0 aromatic carbocycles. The highest BCUT2D eigenvalue weighted by atomic mass is 16.5. The molecule has 1 N–H and O–H groups in total. The van der Waals surface area contributed by atoms with E-state index in [9.17, 15) is 0 Å². The van der Waals surface area contributed by atoms with E-state index in [1.807, 2.05) is 17.1 Å². The van der Waals surface area contributed by atoms with E-state index < -0.39 is 0 Å². The quantitative estimate of drug-likeness (QED) is 0.859. The van der Waals surface area contributed by atoms with Gasteiger partial charge in [0.15, 0.2) is 0 Å². The van der Waals surface area contributed by atoms with Gasteiger partial charge in [-0.3, -0.25) is 9.36 Å². The van der Waals surface area contributed by atoms with Crippen LogP contribution < -0.4 is 5.32 Å². The van der Waals surface area contributed by atoms with Crippen LogP contribution in [0.4, 0.5) is 5.69 Å². The fraction of sp³-hybridized carbons (Fsp3) is 0.684. The summed E-state index contributed by atoms with van der Waals surface area (Å²) in [6.07, 6.45) is 7.25. The van der Waals surface area contributed by atoms with Gasteiger partial charge in [0.2, 0.25) is 0 Å². The highest BCUT2D eigenvalue weighted by Crippen LogP contribution is 2.34. The molecule has 0 aliphatic carbocycles. The zero-order chi connectivity index (χ0) is 17.9. The van der Waals surface area contributed by atoms with Gasteiger partial charge < -0.3 is 14.8 Å². The van der Waals surface area contributed by atoms with Crippen molar-refractivity contribution in [2.24, 2.45) is 5.92 Å². The summed E-state index contributed by atoms with van der Waals surface area (Å²) in [7, 11) is 0. The van der Waals surface area contributed by atoms with Gasteiger partial charge in [0.1, 0.15) is 6.10 Å². The van der Waals surface area contributed by atoms with Crippen LogP contribution in [0, 0.1) is 12.8 Å². The lowest BCUT2D eigenvalue weighted by atomic mass is 9.92. The van der Waals surface area contributed by atoms with Crippen LogP contribution in [0.5, 0.6) is 0 Å². The van der Waals surface area contributed by atoms with E-state index in [1.165, 1.54) is 11.4 Å². The van der Waals surface area contributed by atoms with Crippen molar-refractivity contribution in [3.8, 4) is 0 Å². The fourth-order valence-electron chi connectivity index (χ4n) is 4.15. The van der Waals surface area contributed by atoms with Crippen molar-refractivity contribution < 1.29 is 9.47 Å². The number of aromatic nitrogens is 4. The predicted octanol–water partition coefficient (Wildman–Crippen LogP) is 2.95. The van der Waals surface area contributed by atoms with E-state index in [4.69, 9.17) is 9.47 Å². The molecule has 2 saturated heterocycles. The van der Waals surface area contributed by atoms with Gasteiger partial charge in [-0.1, -0.05) is 0 Å². The molecule has 4 heterocycles. The SMILES string of the molecule is CCn1nccc1[C@@H]1OCCC[C@H]1CNc1cnn(C2CCOC2)c1C. The van der Waals surface area contributed by atoms with Crippen LogP contribution in [0.3, 0.4) is 0 Å². The highest BCUT2D eigenvalue weighted by molar-refractivity contribution is 5.46. The summed E-state index contributed by atoms with van der Waals surface area (Å²) in [5, 5.41) is 12.6. The zero-order valence-electron chi connectivity index (χ0n) is 15.7. The Labute approximate surface area is 154 Å². The number of hydrogen-bond acceptors (Lipinski definition) is 5. The lowest BCUT2D eigenvalue weighted by molar-refractivity contribution is -0.0288. The molecular formula is C19H29N5O2. The van der Waals surface area contributed by atoms with Gasteiger partial charge in [0.25, 0.3) is 0 Å². The Morgan fingerprint density at radius 1 is 1.27 bits per heavy atom. The van der Waals surface area contributed by atoms with E-state index in [0.717, 1.165) is 57.9 Å². The molecule has 0 saturated carbocycles. The third-order valence-electron chi connectivity index (χ3n) is 5.64. The van der Waals surface area contributed by atoms with Crippen molar-refractivity contribution in [2.45, 2.75) is 51.8 Å². The van der Waals surface area contributed by atoms with Gasteiger partial charge in [-0.2, -0.15) is 10.2 Å². The summed E-state index contributed by atoms with van der Waals surface area (Å²) >= 11 is 0.